The molecule has 9 heteroatoms. The second-order valence-corrected chi connectivity index (χ2v) is 10.6. The molecule has 200 valence electrons. The van der Waals surface area contributed by atoms with E-state index in [1.54, 1.807) is 6.07 Å². The van der Waals surface area contributed by atoms with Gasteiger partial charge in [0.2, 0.25) is 0 Å². The van der Waals surface area contributed by atoms with Crippen LogP contribution in [-0.4, -0.2) is 30.1 Å². The number of carbonyl (C=O) groups excluding carboxylic acids is 1. The van der Waals surface area contributed by atoms with Gasteiger partial charge in [-0.05, 0) is 85.3 Å². The molecule has 1 aromatic heterocycles. The van der Waals surface area contributed by atoms with Crippen LogP contribution >= 0.6 is 11.3 Å². The van der Waals surface area contributed by atoms with Gasteiger partial charge >= 0.3 is 12.1 Å². The third-order valence-corrected chi connectivity index (χ3v) is 8.01. The molecule has 1 aliphatic carbocycles. The lowest BCUT2D eigenvalue weighted by Crippen LogP contribution is -2.29. The minimum absolute atomic E-state index is 0.0678. The number of nitrogens with one attached hydrogen (secondary N) is 1. The number of ether oxygens (including phenoxy) is 1. The van der Waals surface area contributed by atoms with Gasteiger partial charge < -0.3 is 15.2 Å². The van der Waals surface area contributed by atoms with Crippen LogP contribution in [0, 0.1) is 13.8 Å². The van der Waals surface area contributed by atoms with Crippen LogP contribution in [-0.2, 0) is 16.4 Å². The van der Waals surface area contributed by atoms with Crippen molar-refractivity contribution in [3.05, 3.63) is 87.1 Å². The van der Waals surface area contributed by atoms with Crippen molar-refractivity contribution in [3.8, 4) is 16.9 Å². The number of allylic oxidation sites excluding steroid dienone is 2. The summed E-state index contributed by atoms with van der Waals surface area (Å²) in [6, 6.07) is 12.6. The number of halogens is 3. The molecule has 0 aliphatic heterocycles. The summed E-state index contributed by atoms with van der Waals surface area (Å²) in [4.78, 5) is 24.7. The van der Waals surface area contributed by atoms with Gasteiger partial charge in [0.1, 0.15) is 5.75 Å². The summed E-state index contributed by atoms with van der Waals surface area (Å²) >= 11 is 1.38. The summed E-state index contributed by atoms with van der Waals surface area (Å²) in [5.74, 6) is -0.595. The van der Waals surface area contributed by atoms with Crippen LogP contribution in [0.15, 0.2) is 60.7 Å². The zero-order chi connectivity index (χ0) is 27.5. The van der Waals surface area contributed by atoms with E-state index in [9.17, 15) is 22.8 Å². The summed E-state index contributed by atoms with van der Waals surface area (Å²) in [5.41, 5.74) is 2.38. The molecule has 0 bridgehead atoms. The fourth-order valence-electron chi connectivity index (χ4n) is 4.72. The van der Waals surface area contributed by atoms with Crippen LogP contribution in [0.5, 0.6) is 5.75 Å². The van der Waals surface area contributed by atoms with Crippen molar-refractivity contribution < 1.29 is 32.6 Å². The number of carboxylic acids is 1. The van der Waals surface area contributed by atoms with E-state index < -0.39 is 17.7 Å². The zero-order valence-electron chi connectivity index (χ0n) is 21.0. The topological polar surface area (TPSA) is 75.6 Å². The van der Waals surface area contributed by atoms with Crippen molar-refractivity contribution in [1.29, 1.82) is 0 Å². The third kappa shape index (κ3) is 6.10. The highest BCUT2D eigenvalue weighted by Gasteiger charge is 2.36. The molecule has 2 N–H and O–H groups in total. The molecule has 0 radical (unpaired) electrons. The summed E-state index contributed by atoms with van der Waals surface area (Å²) in [7, 11) is 0. The molecule has 0 spiro atoms. The van der Waals surface area contributed by atoms with Gasteiger partial charge in [0.25, 0.3) is 5.91 Å². The lowest BCUT2D eigenvalue weighted by molar-refractivity contribution is -0.138. The summed E-state index contributed by atoms with van der Waals surface area (Å²) in [6.07, 6.45) is 1.20. The average Bonchev–Trinajstić information content (AvgIpc) is 3.53. The molecule has 1 aliphatic rings. The monoisotopic (exact) mass is 543 g/mol. The number of amides is 1. The number of aryl methyl sites for hydroxylation is 2. The molecular weight excluding hydrogens is 515 g/mol. The van der Waals surface area contributed by atoms with Crippen LogP contribution in [0.2, 0.25) is 0 Å². The van der Waals surface area contributed by atoms with E-state index in [2.05, 4.69) is 17.5 Å². The lowest BCUT2D eigenvalue weighted by Gasteiger charge is -2.28. The predicted octanol–water partition coefficient (Wildman–Crippen LogP) is 6.92. The van der Waals surface area contributed by atoms with Crippen molar-refractivity contribution >= 4 is 23.2 Å². The number of rotatable bonds is 9. The normalized spacial score (nSPS) is 14.4. The molecular formula is C29H28F3NO4S. The van der Waals surface area contributed by atoms with Crippen LogP contribution in [0.1, 0.15) is 50.5 Å². The molecule has 1 amide bonds. The largest absolute Gasteiger partial charge is 0.493 e. The third-order valence-electron chi connectivity index (χ3n) is 6.68. The molecule has 0 fully saturated rings. The van der Waals surface area contributed by atoms with E-state index in [1.165, 1.54) is 23.5 Å². The Kier molecular flexibility index (Phi) is 7.97. The zero-order valence-corrected chi connectivity index (χ0v) is 21.8. The van der Waals surface area contributed by atoms with Crippen molar-refractivity contribution in [3.63, 3.8) is 0 Å². The highest BCUT2D eigenvalue weighted by molar-refractivity contribution is 7.14. The van der Waals surface area contributed by atoms with E-state index in [1.807, 2.05) is 32.0 Å². The number of carboxylic acid groups (broad SMARTS) is 1. The Bertz CT molecular complexity index is 1330. The van der Waals surface area contributed by atoms with Crippen molar-refractivity contribution in [2.75, 3.05) is 13.2 Å². The SMILES string of the molecule is Cc1cc(OCC2(c3ccc(C(=O)NCCC(=O)O)s3)CC=CC2)cc(C)c1-c1ccc(C(F)(F)F)cc1. The molecule has 1 heterocycles. The number of aliphatic carboxylic acids is 1. The van der Waals surface area contributed by atoms with Crippen molar-refractivity contribution in [1.82, 2.24) is 5.32 Å². The lowest BCUT2D eigenvalue weighted by atomic mass is 9.84. The first-order chi connectivity index (χ1) is 18.0. The van der Waals surface area contributed by atoms with Crippen LogP contribution in [0.25, 0.3) is 11.1 Å². The standard InChI is InChI=1S/C29H28F3NO4S/c1-18-15-22(16-19(2)26(18)20-5-7-21(8-6-20)29(30,31)32)37-17-28(12-3-4-13-28)24-10-9-23(38-24)27(36)33-14-11-25(34)35/h3-10,15-16H,11-14,17H2,1-2H3,(H,33,36)(H,34,35). The van der Waals surface area contributed by atoms with Crippen LogP contribution < -0.4 is 10.1 Å². The minimum Gasteiger partial charge on any atom is -0.493 e. The van der Waals surface area contributed by atoms with Gasteiger partial charge in [0.05, 0.1) is 23.5 Å². The quantitative estimate of drug-likeness (QED) is 0.287. The van der Waals surface area contributed by atoms with Crippen LogP contribution in [0.3, 0.4) is 0 Å². The molecule has 3 aromatic rings. The molecule has 5 nitrogen and oxygen atoms in total. The van der Waals surface area contributed by atoms with E-state index in [0.29, 0.717) is 22.8 Å². The van der Waals surface area contributed by atoms with Gasteiger partial charge in [0.15, 0.2) is 0 Å². The summed E-state index contributed by atoms with van der Waals surface area (Å²) in [5, 5.41) is 11.4. The van der Waals surface area contributed by atoms with Gasteiger partial charge in [0, 0.05) is 16.8 Å². The highest BCUT2D eigenvalue weighted by atomic mass is 32.1. The molecule has 4 rings (SSSR count). The van der Waals surface area contributed by atoms with Gasteiger partial charge in [-0.3, -0.25) is 9.59 Å². The molecule has 0 saturated heterocycles. The Morgan fingerprint density at radius 3 is 2.24 bits per heavy atom. The second-order valence-electron chi connectivity index (χ2n) is 9.52. The number of hydrogen-bond acceptors (Lipinski definition) is 4. The molecule has 0 unspecified atom stereocenters. The Labute approximate surface area is 223 Å². The van der Waals surface area contributed by atoms with Gasteiger partial charge in [-0.1, -0.05) is 24.3 Å². The van der Waals surface area contributed by atoms with E-state index >= 15 is 0 Å². The fraction of sp³-hybridized carbons (Fsp3) is 0.310. The van der Waals surface area contributed by atoms with Gasteiger partial charge in [-0.15, -0.1) is 11.3 Å². The summed E-state index contributed by atoms with van der Waals surface area (Å²) < 4.78 is 45.1. The number of carbonyl (C=O) groups is 2. The molecule has 0 atom stereocenters. The first kappa shape index (κ1) is 27.4. The molecule has 2 aromatic carbocycles. The Morgan fingerprint density at radius 1 is 1.03 bits per heavy atom. The number of thiophene rings is 1. The summed E-state index contributed by atoms with van der Waals surface area (Å²) in [6.45, 7) is 4.28. The maximum Gasteiger partial charge on any atom is 0.416 e. The Balaban J connectivity index is 1.49. The van der Waals surface area contributed by atoms with Gasteiger partial charge in [-0.2, -0.15) is 13.2 Å². The number of alkyl halides is 3. The number of benzene rings is 2. The smallest absolute Gasteiger partial charge is 0.416 e. The maximum absolute atomic E-state index is 13.0. The second kappa shape index (κ2) is 11.0. The fourth-order valence-corrected chi connectivity index (χ4v) is 5.83. The van der Waals surface area contributed by atoms with E-state index in [-0.39, 0.29) is 24.3 Å². The van der Waals surface area contributed by atoms with Crippen molar-refractivity contribution in [2.45, 2.75) is 44.7 Å². The average molecular weight is 544 g/mol. The molecule has 38 heavy (non-hydrogen) atoms. The van der Waals surface area contributed by atoms with E-state index in [4.69, 9.17) is 9.84 Å². The van der Waals surface area contributed by atoms with E-state index in [0.717, 1.165) is 46.5 Å². The Hall–Kier alpha value is -3.59. The predicted molar refractivity (Wildman–Crippen MR) is 141 cm³/mol. The van der Waals surface area contributed by atoms with Crippen LogP contribution in [0.4, 0.5) is 13.2 Å². The highest BCUT2D eigenvalue weighted by Crippen LogP contribution is 2.42. The Morgan fingerprint density at radius 2 is 1.66 bits per heavy atom. The van der Waals surface area contributed by atoms with Crippen molar-refractivity contribution in [2.24, 2.45) is 0 Å². The number of hydrogen-bond donors (Lipinski definition) is 2. The molecule has 0 saturated carbocycles. The van der Waals surface area contributed by atoms with Gasteiger partial charge in [-0.25, -0.2) is 0 Å². The first-order valence-electron chi connectivity index (χ1n) is 12.2. The maximum atomic E-state index is 13.0. The minimum atomic E-state index is -4.38. The first-order valence-corrected chi connectivity index (χ1v) is 13.0.